The molecule has 0 aliphatic carbocycles. The van der Waals surface area contributed by atoms with Crippen LogP contribution >= 0.6 is 0 Å². The molecule has 4 heteroatoms. The highest BCUT2D eigenvalue weighted by molar-refractivity contribution is 5.85. The smallest absolute Gasteiger partial charge is 0.310 e. The van der Waals surface area contributed by atoms with Crippen LogP contribution in [0.4, 0.5) is 0 Å². The lowest BCUT2D eigenvalue weighted by atomic mass is 9.76. The molecule has 1 rings (SSSR count). The molecule has 1 N–H and O–H groups in total. The highest BCUT2D eigenvalue weighted by Crippen LogP contribution is 2.33. The van der Waals surface area contributed by atoms with E-state index in [0.29, 0.717) is 11.8 Å². The summed E-state index contributed by atoms with van der Waals surface area (Å²) in [7, 11) is 0. The molecule has 0 bridgehead atoms. The van der Waals surface area contributed by atoms with E-state index in [1.54, 1.807) is 6.92 Å². The molecule has 1 atom stereocenters. The number of hydrogen-bond donors (Lipinski definition) is 1. The van der Waals surface area contributed by atoms with Gasteiger partial charge in [0, 0.05) is 19.5 Å². The summed E-state index contributed by atoms with van der Waals surface area (Å²) in [4.78, 5) is 25.7. The van der Waals surface area contributed by atoms with Gasteiger partial charge in [0.25, 0.3) is 0 Å². The van der Waals surface area contributed by atoms with Crippen molar-refractivity contribution < 1.29 is 14.7 Å². The maximum atomic E-state index is 12.4. The van der Waals surface area contributed by atoms with Gasteiger partial charge in [-0.2, -0.15) is 0 Å². The molecule has 0 aromatic heterocycles. The SMILES string of the molecule is CC(C)C1CCN(C(=O)CC(C)(C(=O)O)C(C)C)CC1. The van der Waals surface area contributed by atoms with Crippen molar-refractivity contribution in [2.75, 3.05) is 13.1 Å². The van der Waals surface area contributed by atoms with E-state index < -0.39 is 11.4 Å². The van der Waals surface area contributed by atoms with Gasteiger partial charge >= 0.3 is 5.97 Å². The molecule has 0 aromatic rings. The van der Waals surface area contributed by atoms with Crippen LogP contribution in [0, 0.1) is 23.2 Å². The zero-order valence-electron chi connectivity index (χ0n) is 13.5. The van der Waals surface area contributed by atoms with Crippen molar-refractivity contribution in [3.8, 4) is 0 Å². The van der Waals surface area contributed by atoms with Gasteiger partial charge in [0.1, 0.15) is 0 Å². The van der Waals surface area contributed by atoms with Gasteiger partial charge in [0.15, 0.2) is 0 Å². The summed E-state index contributed by atoms with van der Waals surface area (Å²) >= 11 is 0. The van der Waals surface area contributed by atoms with E-state index in [1.807, 2.05) is 18.7 Å². The minimum Gasteiger partial charge on any atom is -0.481 e. The zero-order chi connectivity index (χ0) is 15.5. The quantitative estimate of drug-likeness (QED) is 0.843. The molecule has 0 spiro atoms. The number of piperidine rings is 1. The third-order valence-corrected chi connectivity index (χ3v) is 5.12. The first kappa shape index (κ1) is 17.0. The van der Waals surface area contributed by atoms with Crippen LogP contribution in [0.1, 0.15) is 53.9 Å². The Morgan fingerprint density at radius 2 is 1.70 bits per heavy atom. The van der Waals surface area contributed by atoms with E-state index in [0.717, 1.165) is 25.9 Å². The van der Waals surface area contributed by atoms with Gasteiger partial charge in [0.2, 0.25) is 5.91 Å². The van der Waals surface area contributed by atoms with Gasteiger partial charge in [-0.05, 0) is 37.5 Å². The summed E-state index contributed by atoms with van der Waals surface area (Å²) in [6, 6.07) is 0. The molecule has 1 amide bonds. The summed E-state index contributed by atoms with van der Waals surface area (Å²) < 4.78 is 0. The van der Waals surface area contributed by atoms with Crippen molar-refractivity contribution in [1.29, 1.82) is 0 Å². The average molecular weight is 283 g/mol. The zero-order valence-corrected chi connectivity index (χ0v) is 13.5. The highest BCUT2D eigenvalue weighted by atomic mass is 16.4. The molecule has 1 fully saturated rings. The Morgan fingerprint density at radius 3 is 2.05 bits per heavy atom. The predicted molar refractivity (Wildman–Crippen MR) is 79.3 cm³/mol. The summed E-state index contributed by atoms with van der Waals surface area (Å²) in [6.45, 7) is 11.4. The highest BCUT2D eigenvalue weighted by Gasteiger charge is 2.40. The van der Waals surface area contributed by atoms with Crippen LogP contribution in [0.3, 0.4) is 0 Å². The van der Waals surface area contributed by atoms with Crippen molar-refractivity contribution in [2.24, 2.45) is 23.2 Å². The Bertz CT molecular complexity index is 357. The molecule has 1 unspecified atom stereocenters. The molecule has 0 saturated carbocycles. The Balaban J connectivity index is 2.62. The molecule has 0 radical (unpaired) electrons. The number of aliphatic carboxylic acids is 1. The molecule has 0 aromatic carbocycles. The van der Waals surface area contributed by atoms with Gasteiger partial charge in [-0.25, -0.2) is 0 Å². The van der Waals surface area contributed by atoms with Crippen LogP contribution in [-0.4, -0.2) is 35.0 Å². The first-order valence-electron chi connectivity index (χ1n) is 7.69. The fraction of sp³-hybridized carbons (Fsp3) is 0.875. The van der Waals surface area contributed by atoms with Crippen LogP contribution in [-0.2, 0) is 9.59 Å². The second-order valence-electron chi connectivity index (χ2n) is 7.02. The van der Waals surface area contributed by atoms with E-state index in [4.69, 9.17) is 0 Å². The van der Waals surface area contributed by atoms with Crippen LogP contribution in [0.2, 0.25) is 0 Å². The van der Waals surface area contributed by atoms with Crippen LogP contribution in [0.5, 0.6) is 0 Å². The first-order valence-corrected chi connectivity index (χ1v) is 7.69. The van der Waals surface area contributed by atoms with Gasteiger partial charge in [-0.3, -0.25) is 9.59 Å². The maximum Gasteiger partial charge on any atom is 0.310 e. The Kier molecular flexibility index (Phi) is 5.60. The molecule has 20 heavy (non-hydrogen) atoms. The van der Waals surface area contributed by atoms with Gasteiger partial charge in [-0.1, -0.05) is 27.7 Å². The van der Waals surface area contributed by atoms with Crippen molar-refractivity contribution in [2.45, 2.75) is 53.9 Å². The Labute approximate surface area is 122 Å². The lowest BCUT2D eigenvalue weighted by Gasteiger charge is -2.36. The molecule has 4 nitrogen and oxygen atoms in total. The van der Waals surface area contributed by atoms with Crippen molar-refractivity contribution in [3.63, 3.8) is 0 Å². The molecule has 1 aliphatic rings. The number of amides is 1. The number of nitrogens with zero attached hydrogens (tertiary/aromatic N) is 1. The number of carboxylic acids is 1. The van der Waals surface area contributed by atoms with E-state index in [-0.39, 0.29) is 18.2 Å². The van der Waals surface area contributed by atoms with Gasteiger partial charge in [-0.15, -0.1) is 0 Å². The Morgan fingerprint density at radius 1 is 1.20 bits per heavy atom. The molecule has 1 aliphatic heterocycles. The minimum absolute atomic E-state index is 0.00851. The second kappa shape index (κ2) is 6.59. The first-order chi connectivity index (χ1) is 9.18. The third-order valence-electron chi connectivity index (χ3n) is 5.12. The van der Waals surface area contributed by atoms with E-state index in [9.17, 15) is 14.7 Å². The van der Waals surface area contributed by atoms with E-state index in [2.05, 4.69) is 13.8 Å². The number of likely N-dealkylation sites (tertiary alicyclic amines) is 1. The standard InChI is InChI=1S/C16H29NO3/c1-11(2)13-6-8-17(9-7-13)14(18)10-16(5,12(3)4)15(19)20/h11-13H,6-10H2,1-5H3,(H,19,20). The topological polar surface area (TPSA) is 57.6 Å². The lowest BCUT2D eigenvalue weighted by Crippen LogP contribution is -2.44. The minimum atomic E-state index is -0.966. The predicted octanol–water partition coefficient (Wildman–Crippen LogP) is 3.02. The largest absolute Gasteiger partial charge is 0.481 e. The second-order valence-corrected chi connectivity index (χ2v) is 7.02. The number of carbonyl (C=O) groups excluding carboxylic acids is 1. The van der Waals surface area contributed by atoms with Crippen LogP contribution in [0.25, 0.3) is 0 Å². The monoisotopic (exact) mass is 283 g/mol. The van der Waals surface area contributed by atoms with Crippen molar-refractivity contribution in [1.82, 2.24) is 4.90 Å². The fourth-order valence-electron chi connectivity index (χ4n) is 2.77. The van der Waals surface area contributed by atoms with Crippen molar-refractivity contribution in [3.05, 3.63) is 0 Å². The molecular weight excluding hydrogens is 254 g/mol. The van der Waals surface area contributed by atoms with Crippen LogP contribution in [0.15, 0.2) is 0 Å². The maximum absolute atomic E-state index is 12.4. The molecular formula is C16H29NO3. The van der Waals surface area contributed by atoms with E-state index in [1.165, 1.54) is 0 Å². The number of carbonyl (C=O) groups is 2. The average Bonchev–Trinajstić information content (AvgIpc) is 2.38. The normalized spacial score (nSPS) is 20.2. The third kappa shape index (κ3) is 3.74. The van der Waals surface area contributed by atoms with E-state index >= 15 is 0 Å². The summed E-state index contributed by atoms with van der Waals surface area (Å²) in [5.41, 5.74) is -0.966. The number of carboxylic acid groups (broad SMARTS) is 1. The number of rotatable bonds is 5. The summed E-state index contributed by atoms with van der Waals surface area (Å²) in [6.07, 6.45) is 2.18. The summed E-state index contributed by atoms with van der Waals surface area (Å²) in [5, 5.41) is 9.39. The summed E-state index contributed by atoms with van der Waals surface area (Å²) in [5.74, 6) is 0.406. The fourth-order valence-corrected chi connectivity index (χ4v) is 2.77. The van der Waals surface area contributed by atoms with Crippen LogP contribution < -0.4 is 0 Å². The van der Waals surface area contributed by atoms with Crippen molar-refractivity contribution >= 4 is 11.9 Å². The molecule has 1 saturated heterocycles. The molecule has 1 heterocycles. The Hall–Kier alpha value is -1.06. The lowest BCUT2D eigenvalue weighted by molar-refractivity contribution is -0.156. The number of hydrogen-bond acceptors (Lipinski definition) is 2. The van der Waals surface area contributed by atoms with Gasteiger partial charge in [0.05, 0.1) is 5.41 Å². The molecule has 116 valence electrons. The van der Waals surface area contributed by atoms with Gasteiger partial charge < -0.3 is 10.0 Å².